The van der Waals surface area contributed by atoms with Crippen LogP contribution >= 0.6 is 11.3 Å². The highest BCUT2D eigenvalue weighted by molar-refractivity contribution is 7.16. The van der Waals surface area contributed by atoms with Crippen LogP contribution in [0.15, 0.2) is 16.6 Å². The Balaban J connectivity index is 2.78. The number of H-pyrrole nitrogens is 1. The van der Waals surface area contributed by atoms with Crippen molar-refractivity contribution in [3.8, 4) is 0 Å². The lowest BCUT2D eigenvalue weighted by atomic mass is 10.3. The molecule has 1 N–H and O–H groups in total. The smallest absolute Gasteiger partial charge is 0.283 e. The molecule has 70 valence electrons. The van der Waals surface area contributed by atoms with Crippen LogP contribution in [0, 0.1) is 6.92 Å². The second-order valence-electron chi connectivity index (χ2n) is 3.04. The molecular weight excluding hydrogens is 200 g/mol. The third kappa shape index (κ3) is 0.759. The molecule has 0 fully saturated rings. The fraction of sp³-hybridized carbons (Fsp3) is 0.125. The van der Waals surface area contributed by atoms with E-state index in [9.17, 15) is 4.79 Å². The molecular formula is C8H6N4OS. The molecule has 0 bridgehead atoms. The lowest BCUT2D eigenvalue weighted by Gasteiger charge is -1.91. The zero-order valence-electron chi connectivity index (χ0n) is 7.31. The van der Waals surface area contributed by atoms with Crippen LogP contribution in [0.3, 0.4) is 0 Å². The van der Waals surface area contributed by atoms with Gasteiger partial charge in [-0.3, -0.25) is 9.20 Å². The van der Waals surface area contributed by atoms with Gasteiger partial charge < -0.3 is 0 Å². The SMILES string of the molecule is Cc1c2ncsc2n2cn[nH]c(=O)c12. The zero-order chi connectivity index (χ0) is 9.71. The molecule has 0 aliphatic heterocycles. The monoisotopic (exact) mass is 206 g/mol. The fourth-order valence-electron chi connectivity index (χ4n) is 1.65. The summed E-state index contributed by atoms with van der Waals surface area (Å²) in [4.78, 5) is 16.7. The number of nitrogens with one attached hydrogen (secondary N) is 1. The van der Waals surface area contributed by atoms with Crippen molar-refractivity contribution in [2.24, 2.45) is 0 Å². The Morgan fingerprint density at radius 3 is 3.29 bits per heavy atom. The number of rotatable bonds is 0. The average Bonchev–Trinajstić information content (AvgIpc) is 2.71. The van der Waals surface area contributed by atoms with Crippen molar-refractivity contribution >= 4 is 27.2 Å². The van der Waals surface area contributed by atoms with E-state index in [1.54, 1.807) is 16.2 Å². The van der Waals surface area contributed by atoms with Crippen LogP contribution in [0.5, 0.6) is 0 Å². The van der Waals surface area contributed by atoms with Crippen molar-refractivity contribution in [3.05, 3.63) is 27.8 Å². The molecule has 0 amide bonds. The highest BCUT2D eigenvalue weighted by atomic mass is 32.1. The number of aromatic amines is 1. The van der Waals surface area contributed by atoms with E-state index in [-0.39, 0.29) is 5.56 Å². The quantitative estimate of drug-likeness (QED) is 0.595. The van der Waals surface area contributed by atoms with Gasteiger partial charge in [0.2, 0.25) is 0 Å². The number of hydrogen-bond acceptors (Lipinski definition) is 4. The fourth-order valence-corrected chi connectivity index (χ4v) is 2.48. The minimum Gasteiger partial charge on any atom is -0.283 e. The van der Waals surface area contributed by atoms with Crippen LogP contribution in [-0.4, -0.2) is 19.6 Å². The van der Waals surface area contributed by atoms with Crippen molar-refractivity contribution in [2.75, 3.05) is 0 Å². The van der Waals surface area contributed by atoms with Gasteiger partial charge in [-0.05, 0) is 6.92 Å². The summed E-state index contributed by atoms with van der Waals surface area (Å²) < 4.78 is 1.78. The van der Waals surface area contributed by atoms with Crippen LogP contribution in [0.2, 0.25) is 0 Å². The number of thiazole rings is 1. The van der Waals surface area contributed by atoms with Crippen LogP contribution in [-0.2, 0) is 0 Å². The molecule has 0 unspecified atom stereocenters. The van der Waals surface area contributed by atoms with Gasteiger partial charge in [0.1, 0.15) is 22.2 Å². The second-order valence-corrected chi connectivity index (χ2v) is 3.87. The summed E-state index contributed by atoms with van der Waals surface area (Å²) in [6.45, 7) is 1.90. The summed E-state index contributed by atoms with van der Waals surface area (Å²) in [7, 11) is 0. The summed E-state index contributed by atoms with van der Waals surface area (Å²) in [5.74, 6) is 0. The number of hydrogen-bond donors (Lipinski definition) is 1. The molecule has 0 saturated heterocycles. The summed E-state index contributed by atoms with van der Waals surface area (Å²) >= 11 is 1.51. The maximum Gasteiger partial charge on any atom is 0.288 e. The van der Waals surface area contributed by atoms with E-state index in [0.717, 1.165) is 15.9 Å². The van der Waals surface area contributed by atoms with E-state index in [0.29, 0.717) is 5.52 Å². The number of nitrogens with zero attached hydrogens (tertiary/aromatic N) is 3. The average molecular weight is 206 g/mol. The lowest BCUT2D eigenvalue weighted by Crippen LogP contribution is -2.11. The number of aryl methyl sites for hydroxylation is 1. The molecule has 3 aromatic heterocycles. The van der Waals surface area contributed by atoms with Crippen molar-refractivity contribution in [1.82, 2.24) is 19.6 Å². The van der Waals surface area contributed by atoms with Gasteiger partial charge in [0.15, 0.2) is 0 Å². The normalized spacial score (nSPS) is 11.5. The van der Waals surface area contributed by atoms with Crippen LogP contribution in [0.4, 0.5) is 0 Å². The lowest BCUT2D eigenvalue weighted by molar-refractivity contribution is 0.931. The molecule has 14 heavy (non-hydrogen) atoms. The minimum absolute atomic E-state index is 0.171. The largest absolute Gasteiger partial charge is 0.288 e. The van der Waals surface area contributed by atoms with Gasteiger partial charge in [0.05, 0.1) is 5.51 Å². The molecule has 0 spiro atoms. The maximum atomic E-state index is 11.5. The van der Waals surface area contributed by atoms with E-state index in [1.165, 1.54) is 11.3 Å². The first-order chi connectivity index (χ1) is 6.79. The van der Waals surface area contributed by atoms with Gasteiger partial charge in [-0.15, -0.1) is 11.3 Å². The van der Waals surface area contributed by atoms with Crippen LogP contribution in [0.1, 0.15) is 5.56 Å². The number of aromatic nitrogens is 4. The third-order valence-electron chi connectivity index (χ3n) is 2.27. The van der Waals surface area contributed by atoms with E-state index >= 15 is 0 Å². The zero-order valence-corrected chi connectivity index (χ0v) is 8.13. The van der Waals surface area contributed by atoms with Gasteiger partial charge in [-0.25, -0.2) is 10.1 Å². The van der Waals surface area contributed by atoms with Gasteiger partial charge in [0.25, 0.3) is 5.56 Å². The molecule has 6 heteroatoms. The van der Waals surface area contributed by atoms with Gasteiger partial charge >= 0.3 is 0 Å². The Kier molecular flexibility index (Phi) is 1.33. The van der Waals surface area contributed by atoms with Crippen molar-refractivity contribution in [2.45, 2.75) is 6.92 Å². The van der Waals surface area contributed by atoms with Crippen molar-refractivity contribution < 1.29 is 0 Å². The Morgan fingerprint density at radius 2 is 2.43 bits per heavy atom. The molecule has 3 heterocycles. The summed E-state index contributed by atoms with van der Waals surface area (Å²) in [5.41, 5.74) is 4.02. The first-order valence-electron chi connectivity index (χ1n) is 4.06. The number of fused-ring (bicyclic) bond motifs is 3. The molecule has 5 nitrogen and oxygen atoms in total. The molecule has 0 atom stereocenters. The first kappa shape index (κ1) is 7.69. The van der Waals surface area contributed by atoms with Gasteiger partial charge in [-0.2, -0.15) is 5.10 Å². The first-order valence-corrected chi connectivity index (χ1v) is 4.94. The van der Waals surface area contributed by atoms with Crippen molar-refractivity contribution in [1.29, 1.82) is 0 Å². The second kappa shape index (κ2) is 2.42. The standard InChI is InChI=1S/C8H6N4OS/c1-4-5-8(14-3-9-5)12-2-10-11-7(13)6(4)12/h2-3H,1H3,(H,11,13). The minimum atomic E-state index is -0.171. The predicted octanol–water partition coefficient (Wildman–Crippen LogP) is 0.941. The maximum absolute atomic E-state index is 11.5. The molecule has 0 radical (unpaired) electrons. The van der Waals surface area contributed by atoms with E-state index in [1.807, 2.05) is 6.92 Å². The molecule has 3 aromatic rings. The Morgan fingerprint density at radius 1 is 1.57 bits per heavy atom. The highest BCUT2D eigenvalue weighted by Gasteiger charge is 2.12. The molecule has 0 aromatic carbocycles. The van der Waals surface area contributed by atoms with Gasteiger partial charge in [-0.1, -0.05) is 0 Å². The Hall–Kier alpha value is -1.69. The molecule has 0 aliphatic carbocycles. The summed E-state index contributed by atoms with van der Waals surface area (Å²) in [6.07, 6.45) is 1.60. The van der Waals surface area contributed by atoms with Gasteiger partial charge in [0, 0.05) is 5.56 Å². The summed E-state index contributed by atoms with van der Waals surface area (Å²) in [5, 5.41) is 6.18. The third-order valence-corrected chi connectivity index (χ3v) is 3.10. The highest BCUT2D eigenvalue weighted by Crippen LogP contribution is 2.24. The Labute approximate surface area is 82.0 Å². The van der Waals surface area contributed by atoms with Crippen LogP contribution < -0.4 is 5.56 Å². The van der Waals surface area contributed by atoms with E-state index in [2.05, 4.69) is 15.2 Å². The molecule has 3 rings (SSSR count). The molecule has 0 aliphatic rings. The topological polar surface area (TPSA) is 63.1 Å². The Bertz CT molecular complexity index is 677. The van der Waals surface area contributed by atoms with Crippen LogP contribution in [0.25, 0.3) is 15.9 Å². The predicted molar refractivity (Wildman–Crippen MR) is 53.7 cm³/mol. The summed E-state index contributed by atoms with van der Waals surface area (Å²) in [6, 6.07) is 0. The van der Waals surface area contributed by atoms with E-state index < -0.39 is 0 Å². The van der Waals surface area contributed by atoms with Crippen molar-refractivity contribution in [3.63, 3.8) is 0 Å². The van der Waals surface area contributed by atoms with E-state index in [4.69, 9.17) is 0 Å². The molecule has 0 saturated carbocycles.